The first-order valence-corrected chi connectivity index (χ1v) is 13.2. The monoisotopic (exact) mass is 418 g/mol. The summed E-state index contributed by atoms with van der Waals surface area (Å²) in [6.07, 6.45) is 17.2. The van der Waals surface area contributed by atoms with E-state index < -0.39 is 0 Å². The summed E-state index contributed by atoms with van der Waals surface area (Å²) in [5.74, 6) is 4.09. The lowest BCUT2D eigenvalue weighted by molar-refractivity contribution is -0.156. The smallest absolute Gasteiger partial charge is 0.133 e. The Morgan fingerprint density at radius 1 is 0.900 bits per heavy atom. The zero-order valence-electron chi connectivity index (χ0n) is 19.6. The predicted octanol–water partition coefficient (Wildman–Crippen LogP) is 5.91. The quantitative estimate of drug-likeness (QED) is 0.482. The zero-order chi connectivity index (χ0) is 21.4. The molecule has 4 rings (SSSR count). The first kappa shape index (κ1) is 22.8. The number of unbranched alkanes of at least 4 members (excludes halogenated alkanes) is 5. The molecule has 3 unspecified atom stereocenters. The van der Waals surface area contributed by atoms with Crippen molar-refractivity contribution >= 4 is 5.78 Å². The predicted molar refractivity (Wildman–Crippen MR) is 121 cm³/mol. The molecule has 4 aliphatic rings. The molecule has 3 nitrogen and oxygen atoms in total. The highest BCUT2D eigenvalue weighted by molar-refractivity contribution is 5.79. The summed E-state index contributed by atoms with van der Waals surface area (Å²) < 4.78 is 0. The fourth-order valence-corrected chi connectivity index (χ4v) is 8.72. The molecule has 172 valence electrons. The molecule has 30 heavy (non-hydrogen) atoms. The van der Waals surface area contributed by atoms with E-state index in [9.17, 15) is 9.90 Å². The van der Waals surface area contributed by atoms with Crippen molar-refractivity contribution in [1.29, 1.82) is 0 Å². The Labute approximate surface area is 184 Å². The Hall–Kier alpha value is -0.410. The van der Waals surface area contributed by atoms with Crippen LogP contribution in [0, 0.1) is 40.4 Å². The molecular weight excluding hydrogens is 372 g/mol. The molecule has 0 heterocycles. The number of aliphatic hydroxyl groups is 2. The van der Waals surface area contributed by atoms with Crippen molar-refractivity contribution in [3.8, 4) is 0 Å². The lowest BCUT2D eigenvalue weighted by Gasteiger charge is -2.62. The van der Waals surface area contributed by atoms with Gasteiger partial charge in [0, 0.05) is 19.4 Å². The number of carbonyl (C=O) groups excluding carboxylic acids is 1. The van der Waals surface area contributed by atoms with Crippen LogP contribution in [0.25, 0.3) is 0 Å². The van der Waals surface area contributed by atoms with Gasteiger partial charge in [-0.25, -0.2) is 0 Å². The maximum atomic E-state index is 12.3. The van der Waals surface area contributed by atoms with Crippen molar-refractivity contribution in [1.82, 2.24) is 0 Å². The van der Waals surface area contributed by atoms with Crippen molar-refractivity contribution in [2.24, 2.45) is 40.4 Å². The van der Waals surface area contributed by atoms with Gasteiger partial charge in [-0.2, -0.15) is 0 Å². The summed E-state index contributed by atoms with van der Waals surface area (Å²) in [6, 6.07) is 0. The van der Waals surface area contributed by atoms with Crippen molar-refractivity contribution in [3.63, 3.8) is 0 Å². The van der Waals surface area contributed by atoms with Gasteiger partial charge in [0.2, 0.25) is 0 Å². The van der Waals surface area contributed by atoms with Gasteiger partial charge in [-0.05, 0) is 85.4 Å². The molecule has 0 aliphatic heterocycles. The molecule has 0 saturated heterocycles. The van der Waals surface area contributed by atoms with Crippen molar-refractivity contribution in [3.05, 3.63) is 0 Å². The third-order valence-corrected chi connectivity index (χ3v) is 10.6. The van der Waals surface area contributed by atoms with E-state index in [0.717, 1.165) is 56.3 Å². The molecule has 0 amide bonds. The summed E-state index contributed by atoms with van der Waals surface area (Å²) in [6.45, 7) is 5.26. The van der Waals surface area contributed by atoms with Crippen molar-refractivity contribution in [2.75, 3.05) is 6.61 Å². The Morgan fingerprint density at radius 3 is 2.37 bits per heavy atom. The van der Waals surface area contributed by atoms with Gasteiger partial charge in [0.1, 0.15) is 5.78 Å². The Kier molecular flexibility index (Phi) is 7.00. The van der Waals surface area contributed by atoms with Gasteiger partial charge in [0.25, 0.3) is 0 Å². The van der Waals surface area contributed by atoms with E-state index in [-0.39, 0.29) is 11.5 Å². The minimum atomic E-state index is -0.103. The van der Waals surface area contributed by atoms with Gasteiger partial charge in [-0.15, -0.1) is 0 Å². The van der Waals surface area contributed by atoms with Crippen LogP contribution < -0.4 is 0 Å². The van der Waals surface area contributed by atoms with Gasteiger partial charge >= 0.3 is 0 Å². The molecule has 4 saturated carbocycles. The summed E-state index contributed by atoms with van der Waals surface area (Å²) in [5, 5.41) is 19.8. The number of ketones is 1. The molecule has 4 fully saturated rings. The fourth-order valence-electron chi connectivity index (χ4n) is 8.72. The number of rotatable bonds is 8. The van der Waals surface area contributed by atoms with Crippen LogP contribution in [0.2, 0.25) is 0 Å². The number of carbonyl (C=O) groups is 1. The molecule has 8 atom stereocenters. The molecule has 0 spiro atoms. The number of aliphatic hydroxyl groups excluding tert-OH is 2. The van der Waals surface area contributed by atoms with Gasteiger partial charge in [-0.1, -0.05) is 52.4 Å². The van der Waals surface area contributed by atoms with Crippen LogP contribution in [0.5, 0.6) is 0 Å². The van der Waals surface area contributed by atoms with Crippen LogP contribution in [0.1, 0.15) is 110 Å². The number of Topliss-reactive ketones (excluding diaryl/α,β-unsaturated/α-hetero) is 1. The molecule has 0 radical (unpaired) electrons. The lowest BCUT2D eigenvalue weighted by atomic mass is 9.42. The van der Waals surface area contributed by atoms with Crippen LogP contribution >= 0.6 is 0 Å². The van der Waals surface area contributed by atoms with Crippen LogP contribution in [-0.2, 0) is 4.79 Å². The highest BCUT2D eigenvalue weighted by Gasteiger charge is 2.62. The largest absolute Gasteiger partial charge is 0.396 e. The van der Waals surface area contributed by atoms with E-state index in [1.807, 2.05) is 0 Å². The highest BCUT2D eigenvalue weighted by Crippen LogP contribution is 2.67. The first-order valence-electron chi connectivity index (χ1n) is 13.2. The van der Waals surface area contributed by atoms with Gasteiger partial charge in [-0.3, -0.25) is 4.79 Å². The maximum Gasteiger partial charge on any atom is 0.133 e. The normalized spacial score (nSPS) is 45.7. The minimum absolute atomic E-state index is 0.103. The Balaban J connectivity index is 1.47. The fraction of sp³-hybridized carbons (Fsp3) is 0.963. The summed E-state index contributed by atoms with van der Waals surface area (Å²) in [5.41, 5.74) is 0.492. The molecule has 4 aliphatic carbocycles. The van der Waals surface area contributed by atoms with Crippen LogP contribution in [0.3, 0.4) is 0 Å². The van der Waals surface area contributed by atoms with Crippen molar-refractivity contribution < 1.29 is 15.0 Å². The van der Waals surface area contributed by atoms with E-state index >= 15 is 0 Å². The second-order valence-electron chi connectivity index (χ2n) is 12.0. The van der Waals surface area contributed by atoms with Crippen molar-refractivity contribution in [2.45, 2.75) is 116 Å². The second kappa shape index (κ2) is 9.22. The average molecular weight is 419 g/mol. The first-order chi connectivity index (χ1) is 14.4. The lowest BCUT2D eigenvalue weighted by Crippen LogP contribution is -2.57. The summed E-state index contributed by atoms with van der Waals surface area (Å²) >= 11 is 0. The van der Waals surface area contributed by atoms with E-state index in [1.165, 1.54) is 57.8 Å². The molecule has 3 heteroatoms. The summed E-state index contributed by atoms with van der Waals surface area (Å²) in [4.78, 5) is 12.3. The van der Waals surface area contributed by atoms with Gasteiger partial charge in [0.15, 0.2) is 0 Å². The van der Waals surface area contributed by atoms with E-state index in [1.54, 1.807) is 0 Å². The SMILES string of the molecule is C[C@]12CCC(=O)CC1CC(CCCCCCCCO)[C@@H]1[C@H]2CC[C@]2(C)C(O)CC[C@@H]12. The third-order valence-electron chi connectivity index (χ3n) is 10.6. The van der Waals surface area contributed by atoms with Crippen LogP contribution in [0.4, 0.5) is 0 Å². The number of hydrogen-bond acceptors (Lipinski definition) is 3. The Morgan fingerprint density at radius 2 is 1.60 bits per heavy atom. The molecule has 0 aromatic heterocycles. The van der Waals surface area contributed by atoms with E-state index in [0.29, 0.717) is 29.6 Å². The average Bonchev–Trinajstić information content (AvgIpc) is 3.03. The summed E-state index contributed by atoms with van der Waals surface area (Å²) in [7, 11) is 0. The van der Waals surface area contributed by atoms with E-state index in [2.05, 4.69) is 13.8 Å². The van der Waals surface area contributed by atoms with Gasteiger partial charge in [0.05, 0.1) is 6.10 Å². The molecule has 0 bridgehead atoms. The second-order valence-corrected chi connectivity index (χ2v) is 12.0. The topological polar surface area (TPSA) is 57.5 Å². The van der Waals surface area contributed by atoms with Crippen LogP contribution in [0.15, 0.2) is 0 Å². The minimum Gasteiger partial charge on any atom is -0.396 e. The highest BCUT2D eigenvalue weighted by atomic mass is 16.3. The molecule has 0 aromatic rings. The van der Waals surface area contributed by atoms with Gasteiger partial charge < -0.3 is 10.2 Å². The number of hydrogen-bond donors (Lipinski definition) is 2. The number of fused-ring (bicyclic) bond motifs is 5. The third kappa shape index (κ3) is 4.03. The van der Waals surface area contributed by atoms with E-state index in [4.69, 9.17) is 5.11 Å². The molecule has 0 aromatic carbocycles. The zero-order valence-corrected chi connectivity index (χ0v) is 19.6. The maximum absolute atomic E-state index is 12.3. The Bertz CT molecular complexity index is 603. The molecule has 2 N–H and O–H groups in total. The molecular formula is C27H46O3. The standard InChI is InChI=1S/C27H46O3/c1-26-14-12-21(29)18-20(26)17-19(9-7-5-3-4-6-8-16-28)25-22-10-11-24(30)27(22,2)15-13-23(25)26/h19-20,22-25,28,30H,3-18H2,1-2H3/t19?,20?,22-,23+,24?,25-,26-,27-/m0/s1. The van der Waals surface area contributed by atoms with Crippen LogP contribution in [-0.4, -0.2) is 28.7 Å².